The van der Waals surface area contributed by atoms with Crippen molar-refractivity contribution in [3.63, 3.8) is 0 Å². The van der Waals surface area contributed by atoms with Gasteiger partial charge in [-0.05, 0) is 87.1 Å². The van der Waals surface area contributed by atoms with E-state index in [0.717, 1.165) is 38.9 Å². The van der Waals surface area contributed by atoms with Crippen LogP contribution in [0.25, 0.3) is 11.0 Å². The number of aromatic nitrogens is 5. The van der Waals surface area contributed by atoms with E-state index in [1.165, 1.54) is 23.8 Å². The molecule has 0 aliphatic carbocycles. The highest BCUT2D eigenvalue weighted by atomic mass is 32.2. The third-order valence-corrected chi connectivity index (χ3v) is 11.4. The van der Waals surface area contributed by atoms with E-state index < -0.39 is 15.6 Å². The Hall–Kier alpha value is -4.88. The van der Waals surface area contributed by atoms with Crippen molar-refractivity contribution in [1.29, 1.82) is 0 Å². The molecule has 6 rings (SSSR count). The fourth-order valence-electron chi connectivity index (χ4n) is 6.73. The average molecular weight is 698 g/mol. The van der Waals surface area contributed by atoms with Gasteiger partial charge in [-0.3, -0.25) is 4.79 Å². The molecule has 0 bridgehead atoms. The molecule has 2 atom stereocenters. The first-order chi connectivity index (χ1) is 23.9. The molecule has 5 aromatic rings. The fraction of sp³-hybridized carbons (Fsp3) is 0.378. The molecule has 0 saturated heterocycles. The van der Waals surface area contributed by atoms with E-state index >= 15 is 0 Å². The van der Waals surface area contributed by atoms with Crippen molar-refractivity contribution in [2.45, 2.75) is 83.5 Å². The fourth-order valence-corrected chi connectivity index (χ4v) is 8.30. The van der Waals surface area contributed by atoms with Gasteiger partial charge in [0.2, 0.25) is 10.0 Å². The van der Waals surface area contributed by atoms with Crippen molar-refractivity contribution in [3.8, 4) is 11.8 Å². The lowest BCUT2D eigenvalue weighted by Crippen LogP contribution is -2.48. The molecule has 3 heterocycles. The van der Waals surface area contributed by atoms with Gasteiger partial charge in [0, 0.05) is 36.9 Å². The summed E-state index contributed by atoms with van der Waals surface area (Å²) in [6.07, 6.45) is 3.22. The van der Waals surface area contributed by atoms with Crippen LogP contribution in [0.3, 0.4) is 0 Å². The zero-order valence-electron chi connectivity index (χ0n) is 29.5. The Balaban J connectivity index is 1.44. The molecule has 1 amide bonds. The summed E-state index contributed by atoms with van der Waals surface area (Å²) in [6.45, 7) is 13.0. The number of carbonyl (C=O) groups excluding carboxylic acids is 1. The van der Waals surface area contributed by atoms with Gasteiger partial charge >= 0.3 is 6.01 Å². The van der Waals surface area contributed by atoms with Crippen molar-refractivity contribution in [2.75, 3.05) is 13.7 Å². The Bertz CT molecular complexity index is 2150. The standard InChI is InChI=1S/C37H43N7O5S/c1-8-28-22-43(50(46,47)32-13-11-10-12-31(32)49-28)21-26-18-25(15-14-23(26)3)33(29-16-17-30-34(24(29)4)41-42-44(30)9-2)37(5,6)40-35(45)27-19-38-36(48-7)39-20-27/h10-20,28,33H,8-9,21-22H2,1-7H3,(H,40,45)/t28-,33?/m1/s1. The SMILES string of the molecule is CC[C@@H]1CN(Cc2cc(C(c3ccc4c(nnn4CC)c3C)C(C)(C)NC(=O)c3cnc(OC)nc3)ccc2C)S(=O)(=O)c2ccccc2O1. The second-order valence-corrected chi connectivity index (χ2v) is 15.1. The molecule has 1 aliphatic rings. The zero-order valence-corrected chi connectivity index (χ0v) is 30.3. The first kappa shape index (κ1) is 35.0. The number of aryl methyl sites for hydroxylation is 3. The molecule has 2 aromatic heterocycles. The minimum Gasteiger partial charge on any atom is -0.488 e. The minimum absolute atomic E-state index is 0.155. The second-order valence-electron chi connectivity index (χ2n) is 13.2. The van der Waals surface area contributed by atoms with Gasteiger partial charge in [0.25, 0.3) is 5.91 Å². The molecule has 3 aromatic carbocycles. The number of hydrogen-bond acceptors (Lipinski definition) is 9. The van der Waals surface area contributed by atoms with Crippen LogP contribution in [0.15, 0.2) is 71.9 Å². The molecule has 1 aliphatic heterocycles. The number of ether oxygens (including phenoxy) is 2. The summed E-state index contributed by atoms with van der Waals surface area (Å²) in [5.74, 6) is -0.349. The van der Waals surface area contributed by atoms with Gasteiger partial charge in [0.05, 0.1) is 24.7 Å². The Morgan fingerprint density at radius 2 is 1.82 bits per heavy atom. The maximum Gasteiger partial charge on any atom is 0.316 e. The van der Waals surface area contributed by atoms with Crippen LogP contribution in [0.2, 0.25) is 0 Å². The first-order valence-corrected chi connectivity index (χ1v) is 18.2. The lowest BCUT2D eigenvalue weighted by molar-refractivity contribution is 0.0905. The monoisotopic (exact) mass is 697 g/mol. The molecule has 0 fully saturated rings. The highest BCUT2D eigenvalue weighted by molar-refractivity contribution is 7.89. The van der Waals surface area contributed by atoms with Crippen LogP contribution < -0.4 is 14.8 Å². The van der Waals surface area contributed by atoms with Crippen molar-refractivity contribution >= 4 is 27.0 Å². The number of sulfonamides is 1. The van der Waals surface area contributed by atoms with Crippen LogP contribution in [-0.2, 0) is 23.1 Å². The number of hydrogen-bond donors (Lipinski definition) is 1. The summed E-state index contributed by atoms with van der Waals surface area (Å²) in [7, 11) is -2.39. The van der Waals surface area contributed by atoms with E-state index in [9.17, 15) is 13.2 Å². The number of amides is 1. The van der Waals surface area contributed by atoms with Gasteiger partial charge in [0.15, 0.2) is 0 Å². The number of carbonyl (C=O) groups is 1. The minimum atomic E-state index is -3.86. The number of fused-ring (bicyclic) bond motifs is 2. The van der Waals surface area contributed by atoms with Crippen molar-refractivity contribution < 1.29 is 22.7 Å². The van der Waals surface area contributed by atoms with Crippen molar-refractivity contribution in [3.05, 3.63) is 100 Å². The predicted molar refractivity (Wildman–Crippen MR) is 190 cm³/mol. The molecule has 1 unspecified atom stereocenters. The molecule has 262 valence electrons. The summed E-state index contributed by atoms with van der Waals surface area (Å²) in [5.41, 5.74) is 5.75. The van der Waals surface area contributed by atoms with Crippen LogP contribution in [-0.4, -0.2) is 68.9 Å². The number of nitrogens with one attached hydrogen (secondary N) is 1. The van der Waals surface area contributed by atoms with Gasteiger partial charge in [-0.15, -0.1) is 5.10 Å². The quantitative estimate of drug-likeness (QED) is 0.198. The smallest absolute Gasteiger partial charge is 0.316 e. The van der Waals surface area contributed by atoms with E-state index in [1.807, 2.05) is 64.4 Å². The number of nitrogens with zero attached hydrogens (tertiary/aromatic N) is 6. The highest BCUT2D eigenvalue weighted by Crippen LogP contribution is 2.40. The Labute approximate surface area is 292 Å². The first-order valence-electron chi connectivity index (χ1n) is 16.7. The second kappa shape index (κ2) is 13.8. The van der Waals surface area contributed by atoms with Crippen LogP contribution in [0.5, 0.6) is 11.8 Å². The summed E-state index contributed by atoms with van der Waals surface area (Å²) in [6, 6.07) is 17.2. The largest absolute Gasteiger partial charge is 0.488 e. The number of rotatable bonds is 10. The van der Waals surface area contributed by atoms with Gasteiger partial charge in [-0.1, -0.05) is 48.5 Å². The van der Waals surface area contributed by atoms with Gasteiger partial charge in [0.1, 0.15) is 22.3 Å². The number of benzene rings is 3. The summed E-state index contributed by atoms with van der Waals surface area (Å²) >= 11 is 0. The molecule has 13 heteroatoms. The Kier molecular flexibility index (Phi) is 9.65. The summed E-state index contributed by atoms with van der Waals surface area (Å²) in [4.78, 5) is 22.1. The predicted octanol–water partition coefficient (Wildman–Crippen LogP) is 5.57. The topological polar surface area (TPSA) is 141 Å². The van der Waals surface area contributed by atoms with E-state index in [2.05, 4.69) is 37.7 Å². The lowest BCUT2D eigenvalue weighted by atomic mass is 9.74. The van der Waals surface area contributed by atoms with Crippen LogP contribution in [0.4, 0.5) is 0 Å². The maximum atomic E-state index is 14.1. The lowest BCUT2D eigenvalue weighted by Gasteiger charge is -2.37. The molecule has 0 spiro atoms. The highest BCUT2D eigenvalue weighted by Gasteiger charge is 2.38. The van der Waals surface area contributed by atoms with Gasteiger partial charge in [-0.2, -0.15) is 4.31 Å². The number of methoxy groups -OCH3 is 1. The van der Waals surface area contributed by atoms with E-state index in [0.29, 0.717) is 24.3 Å². The van der Waals surface area contributed by atoms with Crippen molar-refractivity contribution in [1.82, 2.24) is 34.6 Å². The van der Waals surface area contributed by atoms with Gasteiger partial charge in [-0.25, -0.2) is 23.1 Å². The van der Waals surface area contributed by atoms with Gasteiger partial charge < -0.3 is 14.8 Å². The molecule has 50 heavy (non-hydrogen) atoms. The van der Waals surface area contributed by atoms with E-state index in [1.54, 1.807) is 24.3 Å². The number of para-hydroxylation sites is 1. The van der Waals surface area contributed by atoms with E-state index in [4.69, 9.17) is 9.47 Å². The summed E-state index contributed by atoms with van der Waals surface area (Å²) in [5, 5.41) is 12.1. The molecule has 12 nitrogen and oxygen atoms in total. The van der Waals surface area contributed by atoms with Crippen LogP contribution in [0, 0.1) is 13.8 Å². The molecule has 1 N–H and O–H groups in total. The Morgan fingerprint density at radius 1 is 1.08 bits per heavy atom. The molecule has 0 saturated carbocycles. The van der Waals surface area contributed by atoms with Crippen LogP contribution >= 0.6 is 0 Å². The van der Waals surface area contributed by atoms with E-state index in [-0.39, 0.29) is 41.9 Å². The average Bonchev–Trinajstić information content (AvgIpc) is 3.49. The normalized spacial score (nSPS) is 16.7. The zero-order chi connectivity index (χ0) is 35.8. The van der Waals surface area contributed by atoms with Crippen LogP contribution in [0.1, 0.15) is 78.2 Å². The third kappa shape index (κ3) is 6.54. The molecule has 0 radical (unpaired) electrons. The Morgan fingerprint density at radius 3 is 2.52 bits per heavy atom. The maximum absolute atomic E-state index is 14.1. The van der Waals surface area contributed by atoms with Crippen molar-refractivity contribution in [2.24, 2.45) is 0 Å². The summed E-state index contributed by atoms with van der Waals surface area (Å²) < 4.78 is 42.7. The third-order valence-electron chi connectivity index (χ3n) is 9.50. The molecular formula is C37H43N7O5S. The molecular weight excluding hydrogens is 655 g/mol.